The van der Waals surface area contributed by atoms with Gasteiger partial charge in [0.2, 0.25) is 0 Å². The number of alkyl halides is 1. The van der Waals surface area contributed by atoms with Crippen molar-refractivity contribution in [1.82, 2.24) is 4.90 Å². The summed E-state index contributed by atoms with van der Waals surface area (Å²) in [6.07, 6.45) is 8.34. The quantitative estimate of drug-likeness (QED) is 0.443. The molecule has 2 aliphatic rings. The Kier molecular flexibility index (Phi) is 3.81. The first-order valence-corrected chi connectivity index (χ1v) is 6.28. The zero-order chi connectivity index (χ0) is 9.80. The molecule has 0 spiro atoms. The van der Waals surface area contributed by atoms with E-state index in [4.69, 9.17) is 4.74 Å². The van der Waals surface area contributed by atoms with E-state index in [1.165, 1.54) is 12.8 Å². The Hall–Kier alpha value is -0.100. The van der Waals surface area contributed by atoms with Gasteiger partial charge in [-0.2, -0.15) is 0 Å². The van der Waals surface area contributed by atoms with E-state index in [0.29, 0.717) is 4.05 Å². The zero-order valence-electron chi connectivity index (χ0n) is 8.10. The molecule has 2 aliphatic heterocycles. The van der Waals surface area contributed by atoms with Crippen LogP contribution in [0.4, 0.5) is 0 Å². The highest BCUT2D eigenvalue weighted by Crippen LogP contribution is 2.20. The molecular weight excluding hydrogens is 291 g/mol. The van der Waals surface area contributed by atoms with Crippen molar-refractivity contribution < 1.29 is 4.74 Å². The van der Waals surface area contributed by atoms with E-state index in [2.05, 4.69) is 38.7 Å². The van der Waals surface area contributed by atoms with Crippen molar-refractivity contribution in [3.63, 3.8) is 0 Å². The molecular formula is C10H15IN2O. The summed E-state index contributed by atoms with van der Waals surface area (Å²) in [4.78, 5) is 6.47. The van der Waals surface area contributed by atoms with Crippen molar-refractivity contribution >= 4 is 28.8 Å². The molecule has 0 amide bonds. The average Bonchev–Trinajstić information content (AvgIpc) is 2.23. The molecule has 3 nitrogen and oxygen atoms in total. The third kappa shape index (κ3) is 2.70. The van der Waals surface area contributed by atoms with Gasteiger partial charge in [0.05, 0.1) is 0 Å². The molecule has 0 saturated carbocycles. The molecule has 2 heterocycles. The SMILES string of the molecule is IC1C=NC=CN1CC1CCOCC1. The molecule has 1 saturated heterocycles. The summed E-state index contributed by atoms with van der Waals surface area (Å²) >= 11 is 2.41. The van der Waals surface area contributed by atoms with Gasteiger partial charge in [-0.25, -0.2) is 0 Å². The molecule has 14 heavy (non-hydrogen) atoms. The number of nitrogens with zero attached hydrogens (tertiary/aromatic N) is 2. The number of aliphatic imine (C=N–C) groups is 1. The van der Waals surface area contributed by atoms with Crippen LogP contribution in [-0.2, 0) is 4.74 Å². The van der Waals surface area contributed by atoms with E-state index in [9.17, 15) is 0 Å². The van der Waals surface area contributed by atoms with Gasteiger partial charge in [0.25, 0.3) is 0 Å². The number of hydrogen-bond acceptors (Lipinski definition) is 3. The highest BCUT2D eigenvalue weighted by Gasteiger charge is 2.19. The Balaban J connectivity index is 1.83. The Morgan fingerprint density at radius 1 is 1.43 bits per heavy atom. The van der Waals surface area contributed by atoms with Crippen molar-refractivity contribution in [1.29, 1.82) is 0 Å². The molecule has 0 aliphatic carbocycles. The maximum Gasteiger partial charge on any atom is 0.116 e. The normalized spacial score (nSPS) is 28.4. The Morgan fingerprint density at radius 2 is 2.21 bits per heavy atom. The molecule has 1 unspecified atom stereocenters. The van der Waals surface area contributed by atoms with Crippen LogP contribution in [-0.4, -0.2) is 34.9 Å². The first kappa shape index (κ1) is 10.4. The maximum atomic E-state index is 5.35. The van der Waals surface area contributed by atoms with E-state index in [0.717, 1.165) is 25.7 Å². The second-order valence-electron chi connectivity index (χ2n) is 3.72. The van der Waals surface area contributed by atoms with Crippen LogP contribution in [0.3, 0.4) is 0 Å². The highest BCUT2D eigenvalue weighted by molar-refractivity contribution is 14.1. The van der Waals surface area contributed by atoms with Gasteiger partial charge in [0, 0.05) is 38.4 Å². The van der Waals surface area contributed by atoms with E-state index < -0.39 is 0 Å². The Morgan fingerprint density at radius 3 is 2.93 bits per heavy atom. The topological polar surface area (TPSA) is 24.8 Å². The van der Waals surface area contributed by atoms with Crippen molar-refractivity contribution in [2.45, 2.75) is 16.9 Å². The standard InChI is InChI=1S/C10H15IN2O/c11-10-7-12-3-4-13(10)8-9-1-5-14-6-2-9/h3-4,7,9-10H,1-2,5-6,8H2. The molecule has 0 aromatic rings. The molecule has 2 rings (SSSR count). The van der Waals surface area contributed by atoms with E-state index in [1.807, 2.05) is 12.4 Å². The summed E-state index contributed by atoms with van der Waals surface area (Å²) in [7, 11) is 0. The molecule has 1 atom stereocenters. The van der Waals surface area contributed by atoms with Crippen LogP contribution >= 0.6 is 22.6 Å². The van der Waals surface area contributed by atoms with Gasteiger partial charge < -0.3 is 9.64 Å². The second kappa shape index (κ2) is 5.11. The van der Waals surface area contributed by atoms with Crippen LogP contribution < -0.4 is 0 Å². The Bertz CT molecular complexity index is 236. The lowest BCUT2D eigenvalue weighted by Gasteiger charge is -2.31. The van der Waals surface area contributed by atoms with E-state index in [1.54, 1.807) is 0 Å². The number of rotatable bonds is 2. The van der Waals surface area contributed by atoms with Crippen LogP contribution in [0.1, 0.15) is 12.8 Å². The third-order valence-corrected chi connectivity index (χ3v) is 3.72. The van der Waals surface area contributed by atoms with Crippen LogP contribution in [0.2, 0.25) is 0 Å². The van der Waals surface area contributed by atoms with Crippen molar-refractivity contribution in [3.8, 4) is 0 Å². The third-order valence-electron chi connectivity index (χ3n) is 2.68. The summed E-state index contributed by atoms with van der Waals surface area (Å²) < 4.78 is 5.77. The van der Waals surface area contributed by atoms with Gasteiger partial charge in [-0.3, -0.25) is 4.99 Å². The van der Waals surface area contributed by atoms with Crippen molar-refractivity contribution in [3.05, 3.63) is 12.4 Å². The predicted octanol–water partition coefficient (Wildman–Crippen LogP) is 2.03. The monoisotopic (exact) mass is 306 g/mol. The smallest absolute Gasteiger partial charge is 0.116 e. The van der Waals surface area contributed by atoms with Gasteiger partial charge >= 0.3 is 0 Å². The minimum atomic E-state index is 0.417. The van der Waals surface area contributed by atoms with Gasteiger partial charge in [0.1, 0.15) is 4.05 Å². The average molecular weight is 306 g/mol. The molecule has 0 N–H and O–H groups in total. The summed E-state index contributed by atoms with van der Waals surface area (Å²) in [5, 5.41) is 0. The lowest BCUT2D eigenvalue weighted by atomic mass is 10.00. The molecule has 0 aromatic heterocycles. The van der Waals surface area contributed by atoms with Gasteiger partial charge in [-0.05, 0) is 18.8 Å². The predicted molar refractivity (Wildman–Crippen MR) is 65.7 cm³/mol. The lowest BCUT2D eigenvalue weighted by molar-refractivity contribution is 0.0586. The molecule has 78 valence electrons. The molecule has 0 aromatic carbocycles. The summed E-state index contributed by atoms with van der Waals surface area (Å²) in [5.41, 5.74) is 0. The molecule has 4 heteroatoms. The largest absolute Gasteiger partial charge is 0.381 e. The zero-order valence-corrected chi connectivity index (χ0v) is 10.3. The summed E-state index contributed by atoms with van der Waals surface area (Å²) in [6.45, 7) is 3.00. The van der Waals surface area contributed by atoms with Crippen LogP contribution in [0.25, 0.3) is 0 Å². The van der Waals surface area contributed by atoms with Crippen molar-refractivity contribution in [2.75, 3.05) is 19.8 Å². The number of ether oxygens (including phenoxy) is 1. The fourth-order valence-electron chi connectivity index (χ4n) is 1.80. The van der Waals surface area contributed by atoms with Crippen molar-refractivity contribution in [2.24, 2.45) is 10.9 Å². The Labute approximate surface area is 98.4 Å². The highest BCUT2D eigenvalue weighted by atomic mass is 127. The molecule has 0 bridgehead atoms. The van der Waals surface area contributed by atoms with Crippen LogP contribution in [0, 0.1) is 5.92 Å². The maximum absolute atomic E-state index is 5.35. The lowest BCUT2D eigenvalue weighted by Crippen LogP contribution is -2.35. The minimum absolute atomic E-state index is 0.417. The number of hydrogen-bond donors (Lipinski definition) is 0. The second-order valence-corrected chi connectivity index (χ2v) is 5.00. The number of halogens is 1. The summed E-state index contributed by atoms with van der Waals surface area (Å²) in [6, 6.07) is 0. The fourth-order valence-corrected chi connectivity index (χ4v) is 2.40. The van der Waals surface area contributed by atoms with E-state index >= 15 is 0 Å². The van der Waals surface area contributed by atoms with Crippen LogP contribution in [0.15, 0.2) is 17.4 Å². The van der Waals surface area contributed by atoms with Gasteiger partial charge in [-0.15, -0.1) is 0 Å². The molecule has 1 fully saturated rings. The summed E-state index contributed by atoms with van der Waals surface area (Å²) in [5.74, 6) is 0.789. The van der Waals surface area contributed by atoms with Crippen LogP contribution in [0.5, 0.6) is 0 Å². The van der Waals surface area contributed by atoms with E-state index in [-0.39, 0.29) is 0 Å². The van der Waals surface area contributed by atoms with Gasteiger partial charge in [0.15, 0.2) is 0 Å². The first-order valence-electron chi connectivity index (χ1n) is 5.04. The van der Waals surface area contributed by atoms with Gasteiger partial charge in [-0.1, -0.05) is 22.6 Å². The minimum Gasteiger partial charge on any atom is -0.381 e. The first-order chi connectivity index (χ1) is 6.86. The molecule has 0 radical (unpaired) electrons. The fraction of sp³-hybridized carbons (Fsp3) is 0.700.